The number of imide groups is 1. The zero-order valence-electron chi connectivity index (χ0n) is 9.49. The van der Waals surface area contributed by atoms with Crippen molar-refractivity contribution in [3.63, 3.8) is 0 Å². The van der Waals surface area contributed by atoms with Crippen molar-refractivity contribution in [1.29, 1.82) is 0 Å². The van der Waals surface area contributed by atoms with Crippen LogP contribution in [0.5, 0.6) is 0 Å². The Hall–Kier alpha value is -2.97. The zero-order chi connectivity index (χ0) is 14.4. The summed E-state index contributed by atoms with van der Waals surface area (Å²) < 4.78 is 4.56. The average molecular weight is 267 g/mol. The Labute approximate surface area is 106 Å². The van der Waals surface area contributed by atoms with E-state index in [1.54, 1.807) is 5.32 Å². The summed E-state index contributed by atoms with van der Waals surface area (Å²) in [6, 6.07) is 3.57. The van der Waals surface area contributed by atoms with Gasteiger partial charge in [-0.25, -0.2) is 9.59 Å². The number of carbonyl (C=O) groups is 3. The number of urea groups is 1. The third-order valence-electron chi connectivity index (χ3n) is 1.91. The van der Waals surface area contributed by atoms with Gasteiger partial charge in [-0.3, -0.25) is 20.2 Å². The summed E-state index contributed by atoms with van der Waals surface area (Å²) in [6.45, 7) is -0.682. The van der Waals surface area contributed by atoms with Crippen LogP contribution < -0.4 is 11.1 Å². The average Bonchev–Trinajstić information content (AvgIpc) is 2.35. The van der Waals surface area contributed by atoms with Gasteiger partial charge < -0.3 is 10.5 Å². The second-order valence-corrected chi connectivity index (χ2v) is 3.29. The molecule has 0 fully saturated rings. The van der Waals surface area contributed by atoms with Gasteiger partial charge in [-0.1, -0.05) is 0 Å². The van der Waals surface area contributed by atoms with Gasteiger partial charge >= 0.3 is 12.0 Å². The van der Waals surface area contributed by atoms with E-state index in [0.29, 0.717) is 0 Å². The van der Waals surface area contributed by atoms with Gasteiger partial charge in [0.1, 0.15) is 0 Å². The number of amides is 3. The standard InChI is InChI=1S/C10H9N3O6/c11-10(16)12-8(14)5-19-9(15)6-1-3-7(4-2-6)13(17)18/h1-4H,5H2,(H3,11,12,14,16). The van der Waals surface area contributed by atoms with E-state index in [0.717, 1.165) is 12.1 Å². The molecule has 1 aromatic rings. The van der Waals surface area contributed by atoms with Crippen LogP contribution in [0.15, 0.2) is 24.3 Å². The zero-order valence-corrected chi connectivity index (χ0v) is 9.49. The maximum Gasteiger partial charge on any atom is 0.338 e. The number of ether oxygens (including phenoxy) is 1. The molecule has 0 saturated carbocycles. The summed E-state index contributed by atoms with van der Waals surface area (Å²) in [5.74, 6) is -1.72. The Morgan fingerprint density at radius 3 is 2.32 bits per heavy atom. The van der Waals surface area contributed by atoms with Crippen LogP contribution in [0.4, 0.5) is 10.5 Å². The van der Waals surface area contributed by atoms with E-state index in [1.807, 2.05) is 0 Å². The lowest BCUT2D eigenvalue weighted by Crippen LogP contribution is -2.37. The quantitative estimate of drug-likeness (QED) is 0.444. The Morgan fingerprint density at radius 2 is 1.84 bits per heavy atom. The first-order valence-electron chi connectivity index (χ1n) is 4.91. The van der Waals surface area contributed by atoms with E-state index in [9.17, 15) is 24.5 Å². The first kappa shape index (κ1) is 14.1. The van der Waals surface area contributed by atoms with Crippen molar-refractivity contribution in [3.05, 3.63) is 39.9 Å². The Balaban J connectivity index is 2.56. The van der Waals surface area contributed by atoms with E-state index in [4.69, 9.17) is 0 Å². The molecule has 0 aliphatic heterocycles. The SMILES string of the molecule is NC(=O)NC(=O)COC(=O)c1ccc([N+](=O)[O-])cc1. The van der Waals surface area contributed by atoms with Crippen molar-refractivity contribution in [2.45, 2.75) is 0 Å². The minimum atomic E-state index is -1.06. The Bertz CT molecular complexity index is 525. The number of primary amides is 1. The largest absolute Gasteiger partial charge is 0.452 e. The van der Waals surface area contributed by atoms with Gasteiger partial charge in [-0.2, -0.15) is 0 Å². The minimum Gasteiger partial charge on any atom is -0.452 e. The molecule has 0 saturated heterocycles. The molecule has 0 unspecified atom stereocenters. The fourth-order valence-electron chi connectivity index (χ4n) is 1.11. The Morgan fingerprint density at radius 1 is 1.26 bits per heavy atom. The van der Waals surface area contributed by atoms with Gasteiger partial charge in [-0.15, -0.1) is 0 Å². The van der Waals surface area contributed by atoms with Gasteiger partial charge in [-0.05, 0) is 12.1 Å². The van der Waals surface area contributed by atoms with Crippen molar-refractivity contribution in [2.24, 2.45) is 5.73 Å². The van der Waals surface area contributed by atoms with Crippen molar-refractivity contribution in [2.75, 3.05) is 6.61 Å². The lowest BCUT2D eigenvalue weighted by molar-refractivity contribution is -0.384. The highest BCUT2D eigenvalue weighted by molar-refractivity contribution is 5.96. The molecule has 0 atom stereocenters. The van der Waals surface area contributed by atoms with Gasteiger partial charge in [0.05, 0.1) is 10.5 Å². The van der Waals surface area contributed by atoms with Crippen LogP contribution in [0.3, 0.4) is 0 Å². The first-order valence-corrected chi connectivity index (χ1v) is 4.91. The van der Waals surface area contributed by atoms with E-state index >= 15 is 0 Å². The predicted octanol–water partition coefficient (Wildman–Crippen LogP) is -0.0535. The maximum atomic E-state index is 11.4. The van der Waals surface area contributed by atoms with Crippen LogP contribution in [-0.4, -0.2) is 29.4 Å². The van der Waals surface area contributed by atoms with Crippen LogP contribution in [0.1, 0.15) is 10.4 Å². The summed E-state index contributed by atoms with van der Waals surface area (Å²) in [6.07, 6.45) is 0. The number of nitrogens with zero attached hydrogens (tertiary/aromatic N) is 1. The second-order valence-electron chi connectivity index (χ2n) is 3.29. The van der Waals surface area contributed by atoms with Gasteiger partial charge in [0.15, 0.2) is 6.61 Å². The molecular formula is C10H9N3O6. The molecule has 9 heteroatoms. The number of non-ortho nitro benzene ring substituents is 1. The second kappa shape index (κ2) is 6.10. The molecule has 100 valence electrons. The van der Waals surface area contributed by atoms with Gasteiger partial charge in [0, 0.05) is 12.1 Å². The number of nitrogens with one attached hydrogen (secondary N) is 1. The van der Waals surface area contributed by atoms with E-state index < -0.39 is 29.4 Å². The van der Waals surface area contributed by atoms with Crippen LogP contribution >= 0.6 is 0 Å². The van der Waals surface area contributed by atoms with Gasteiger partial charge in [0.2, 0.25) is 0 Å². The third-order valence-corrected chi connectivity index (χ3v) is 1.91. The molecule has 3 amide bonds. The molecule has 9 nitrogen and oxygen atoms in total. The summed E-state index contributed by atoms with van der Waals surface area (Å²) in [4.78, 5) is 42.5. The highest BCUT2D eigenvalue weighted by atomic mass is 16.6. The minimum absolute atomic E-state index is 0.0393. The third kappa shape index (κ3) is 4.42. The summed E-state index contributed by atoms with van der Waals surface area (Å²) in [7, 11) is 0. The van der Waals surface area contributed by atoms with E-state index in [-0.39, 0.29) is 11.3 Å². The number of benzene rings is 1. The topological polar surface area (TPSA) is 142 Å². The molecule has 0 bridgehead atoms. The molecular weight excluding hydrogens is 258 g/mol. The van der Waals surface area contributed by atoms with Crippen LogP contribution in [-0.2, 0) is 9.53 Å². The molecule has 0 aliphatic rings. The number of hydrogen-bond acceptors (Lipinski definition) is 6. The molecule has 3 N–H and O–H groups in total. The van der Waals surface area contributed by atoms with Crippen molar-refractivity contribution in [3.8, 4) is 0 Å². The van der Waals surface area contributed by atoms with Crippen LogP contribution in [0.25, 0.3) is 0 Å². The van der Waals surface area contributed by atoms with Crippen molar-refractivity contribution >= 4 is 23.6 Å². The normalized spacial score (nSPS) is 9.47. The number of rotatable bonds is 4. The molecule has 19 heavy (non-hydrogen) atoms. The van der Waals surface area contributed by atoms with E-state index in [1.165, 1.54) is 12.1 Å². The smallest absolute Gasteiger partial charge is 0.338 e. The molecule has 0 radical (unpaired) electrons. The fourth-order valence-corrected chi connectivity index (χ4v) is 1.11. The molecule has 1 rings (SSSR count). The molecule has 1 aromatic carbocycles. The molecule has 0 aromatic heterocycles. The first-order chi connectivity index (χ1) is 8.90. The lowest BCUT2D eigenvalue weighted by Gasteiger charge is -2.03. The van der Waals surface area contributed by atoms with Crippen molar-refractivity contribution < 1.29 is 24.0 Å². The lowest BCUT2D eigenvalue weighted by atomic mass is 10.2. The number of nitro benzene ring substituents is 1. The van der Waals surface area contributed by atoms with Crippen molar-refractivity contribution in [1.82, 2.24) is 5.32 Å². The highest BCUT2D eigenvalue weighted by Crippen LogP contribution is 2.12. The fraction of sp³-hybridized carbons (Fsp3) is 0.100. The number of carbonyl (C=O) groups excluding carboxylic acids is 3. The van der Waals surface area contributed by atoms with Crippen LogP contribution in [0, 0.1) is 10.1 Å². The summed E-state index contributed by atoms with van der Waals surface area (Å²) in [5, 5.41) is 12.1. The monoisotopic (exact) mass is 267 g/mol. The van der Waals surface area contributed by atoms with Gasteiger partial charge in [0.25, 0.3) is 11.6 Å². The maximum absolute atomic E-state index is 11.4. The number of esters is 1. The number of hydrogen-bond donors (Lipinski definition) is 2. The number of nitro groups is 1. The van der Waals surface area contributed by atoms with E-state index in [2.05, 4.69) is 10.5 Å². The van der Waals surface area contributed by atoms with Crippen LogP contribution in [0.2, 0.25) is 0 Å². The molecule has 0 heterocycles. The molecule has 0 spiro atoms. The summed E-state index contributed by atoms with van der Waals surface area (Å²) >= 11 is 0. The molecule has 0 aliphatic carbocycles. The predicted molar refractivity (Wildman–Crippen MR) is 61.1 cm³/mol. The summed E-state index contributed by atoms with van der Waals surface area (Å²) in [5.41, 5.74) is 4.54. The highest BCUT2D eigenvalue weighted by Gasteiger charge is 2.12. The Kier molecular flexibility index (Phi) is 4.52. The number of nitrogens with two attached hydrogens (primary N) is 1.